The van der Waals surface area contributed by atoms with Crippen LogP contribution in [0.2, 0.25) is 0 Å². The highest BCUT2D eigenvalue weighted by Gasteiger charge is 2.35. The van der Waals surface area contributed by atoms with Gasteiger partial charge >= 0.3 is 0 Å². The minimum atomic E-state index is -0.390. The second-order valence-electron chi connectivity index (χ2n) is 6.84. The zero-order valence-corrected chi connectivity index (χ0v) is 13.8. The van der Waals surface area contributed by atoms with E-state index in [0.29, 0.717) is 6.16 Å². The smallest absolute Gasteiger partial charge is 0.228 e. The molecule has 1 amide bonds. The van der Waals surface area contributed by atoms with Crippen LogP contribution >= 0.6 is 7.92 Å². The van der Waals surface area contributed by atoms with Crippen molar-refractivity contribution in [3.63, 3.8) is 0 Å². The topological polar surface area (TPSA) is 29.1 Å². The van der Waals surface area contributed by atoms with E-state index in [4.69, 9.17) is 0 Å². The predicted octanol–water partition coefficient (Wildman–Crippen LogP) is 4.70. The van der Waals surface area contributed by atoms with E-state index in [1.807, 2.05) is 30.3 Å². The summed E-state index contributed by atoms with van der Waals surface area (Å²) in [6.07, 6.45) is 0.622. The van der Waals surface area contributed by atoms with Crippen LogP contribution in [0, 0.1) is 0 Å². The molecule has 0 heterocycles. The minimum absolute atomic E-state index is 0.127. The van der Waals surface area contributed by atoms with Crippen molar-refractivity contribution in [1.82, 2.24) is 0 Å². The van der Waals surface area contributed by atoms with Gasteiger partial charge in [0.1, 0.15) is 0 Å². The van der Waals surface area contributed by atoms with Crippen molar-refractivity contribution >= 4 is 19.5 Å². The number of nitrogens with one attached hydrogen (secondary N) is 1. The van der Waals surface area contributed by atoms with Crippen LogP contribution in [0.4, 0.5) is 5.69 Å². The molecule has 2 nitrogen and oxygen atoms in total. The third-order valence-electron chi connectivity index (χ3n) is 2.98. The van der Waals surface area contributed by atoms with Crippen LogP contribution < -0.4 is 5.32 Å². The van der Waals surface area contributed by atoms with Gasteiger partial charge in [0, 0.05) is 11.8 Å². The molecule has 106 valence electrons. The van der Waals surface area contributed by atoms with E-state index in [0.717, 1.165) is 5.69 Å². The molecule has 1 aromatic carbocycles. The Balaban J connectivity index is 2.73. The molecule has 19 heavy (non-hydrogen) atoms. The Morgan fingerprint density at radius 1 is 1.00 bits per heavy atom. The molecule has 0 saturated heterocycles. The summed E-state index contributed by atoms with van der Waals surface area (Å²) in [5.74, 6) is 0.127. The first-order chi connectivity index (χ1) is 8.60. The van der Waals surface area contributed by atoms with Crippen molar-refractivity contribution in [2.24, 2.45) is 0 Å². The molecule has 0 aliphatic heterocycles. The molecule has 1 aromatic rings. The van der Waals surface area contributed by atoms with Crippen LogP contribution in [-0.2, 0) is 4.79 Å². The second kappa shape index (κ2) is 6.05. The number of amides is 1. The molecule has 0 aromatic heterocycles. The lowest BCUT2D eigenvalue weighted by atomic mass is 10.2. The van der Waals surface area contributed by atoms with Crippen molar-refractivity contribution in [3.05, 3.63) is 30.3 Å². The number of carbonyl (C=O) groups is 1. The molecule has 1 rings (SSSR count). The lowest BCUT2D eigenvalue weighted by molar-refractivity contribution is -0.113. The molecule has 0 bridgehead atoms. The second-order valence-corrected chi connectivity index (χ2v) is 10.7. The van der Waals surface area contributed by atoms with Gasteiger partial charge in [0.05, 0.1) is 0 Å². The van der Waals surface area contributed by atoms with Gasteiger partial charge in [-0.2, -0.15) is 0 Å². The van der Waals surface area contributed by atoms with Crippen molar-refractivity contribution in [3.8, 4) is 0 Å². The number of hydrogen-bond acceptors (Lipinski definition) is 1. The standard InChI is InChI=1S/C16H26NOP/c1-15(2,3)19(16(4,5)6)12-14(18)17-13-10-8-7-9-11-13/h7-11H,12H2,1-6H3,(H,17,18). The maximum atomic E-state index is 12.2. The molecule has 0 atom stereocenters. The Morgan fingerprint density at radius 2 is 1.47 bits per heavy atom. The Morgan fingerprint density at radius 3 is 1.89 bits per heavy atom. The van der Waals surface area contributed by atoms with Crippen LogP contribution in [0.15, 0.2) is 30.3 Å². The molecule has 0 aliphatic carbocycles. The fraction of sp³-hybridized carbons (Fsp3) is 0.562. The summed E-state index contributed by atoms with van der Waals surface area (Å²) >= 11 is 0. The number of hydrogen-bond donors (Lipinski definition) is 1. The molecule has 3 heteroatoms. The molecule has 0 spiro atoms. The molecule has 0 unspecified atom stereocenters. The summed E-state index contributed by atoms with van der Waals surface area (Å²) in [4.78, 5) is 12.2. The maximum Gasteiger partial charge on any atom is 0.228 e. The van der Waals surface area contributed by atoms with E-state index in [9.17, 15) is 4.79 Å². The summed E-state index contributed by atoms with van der Waals surface area (Å²) < 4.78 is 0. The maximum absolute atomic E-state index is 12.2. The molecular weight excluding hydrogens is 253 g/mol. The minimum Gasteiger partial charge on any atom is -0.326 e. The van der Waals surface area contributed by atoms with Crippen molar-refractivity contribution in [1.29, 1.82) is 0 Å². The fourth-order valence-corrected chi connectivity index (χ4v) is 5.67. The first-order valence-corrected chi connectivity index (χ1v) is 8.26. The highest BCUT2D eigenvalue weighted by atomic mass is 31.1. The van der Waals surface area contributed by atoms with E-state index >= 15 is 0 Å². The number of anilines is 1. The van der Waals surface area contributed by atoms with Gasteiger partial charge < -0.3 is 5.32 Å². The van der Waals surface area contributed by atoms with Crippen molar-refractivity contribution < 1.29 is 4.79 Å². The molecule has 0 saturated carbocycles. The average Bonchev–Trinajstić information content (AvgIpc) is 2.24. The lowest BCUT2D eigenvalue weighted by Crippen LogP contribution is -2.30. The third-order valence-corrected chi connectivity index (χ3v) is 6.82. The first kappa shape index (κ1) is 16.2. The Hall–Kier alpha value is -0.880. The number of carbonyl (C=O) groups excluding carboxylic acids is 1. The van der Waals surface area contributed by atoms with Crippen molar-refractivity contribution in [2.75, 3.05) is 11.5 Å². The quantitative estimate of drug-likeness (QED) is 0.798. The van der Waals surface area contributed by atoms with E-state index in [1.54, 1.807) is 0 Å². The molecule has 0 aliphatic rings. The van der Waals surface area contributed by atoms with Gasteiger partial charge in [0.2, 0.25) is 5.91 Å². The predicted molar refractivity (Wildman–Crippen MR) is 86.4 cm³/mol. The first-order valence-electron chi connectivity index (χ1n) is 6.73. The van der Waals surface area contributed by atoms with Gasteiger partial charge in [0.25, 0.3) is 0 Å². The van der Waals surface area contributed by atoms with Crippen LogP contribution in [0.1, 0.15) is 41.5 Å². The van der Waals surface area contributed by atoms with Gasteiger partial charge in [-0.15, -0.1) is 0 Å². The van der Waals surface area contributed by atoms with E-state index < -0.39 is 7.92 Å². The lowest BCUT2D eigenvalue weighted by Gasteiger charge is -2.41. The molecule has 1 N–H and O–H groups in total. The van der Waals surface area contributed by atoms with Crippen LogP contribution in [0.5, 0.6) is 0 Å². The van der Waals surface area contributed by atoms with E-state index in [1.165, 1.54) is 0 Å². The van der Waals surface area contributed by atoms with E-state index in [2.05, 4.69) is 46.9 Å². The number of benzene rings is 1. The van der Waals surface area contributed by atoms with Gasteiger partial charge in [-0.3, -0.25) is 4.79 Å². The summed E-state index contributed by atoms with van der Waals surface area (Å²) in [5, 5.41) is 3.36. The fourth-order valence-electron chi connectivity index (χ4n) is 2.35. The summed E-state index contributed by atoms with van der Waals surface area (Å²) in [6, 6.07) is 9.67. The highest BCUT2D eigenvalue weighted by Crippen LogP contribution is 2.58. The van der Waals surface area contributed by atoms with Crippen molar-refractivity contribution in [2.45, 2.75) is 51.9 Å². The highest BCUT2D eigenvalue weighted by molar-refractivity contribution is 7.61. The molecular formula is C16H26NOP. The molecule has 0 fully saturated rings. The van der Waals surface area contributed by atoms with Crippen LogP contribution in [-0.4, -0.2) is 22.4 Å². The Bertz CT molecular complexity index is 401. The van der Waals surface area contributed by atoms with Gasteiger partial charge in [-0.05, 0) is 22.4 Å². The van der Waals surface area contributed by atoms with Gasteiger partial charge in [0.15, 0.2) is 0 Å². The average molecular weight is 279 g/mol. The number of para-hydroxylation sites is 1. The normalized spacial score (nSPS) is 12.6. The van der Waals surface area contributed by atoms with E-state index in [-0.39, 0.29) is 16.2 Å². The summed E-state index contributed by atoms with van der Waals surface area (Å²) in [5.41, 5.74) is 0.880. The zero-order chi connectivity index (χ0) is 14.7. The van der Waals surface area contributed by atoms with Crippen LogP contribution in [0.25, 0.3) is 0 Å². The van der Waals surface area contributed by atoms with Gasteiger partial charge in [-0.25, -0.2) is 0 Å². The monoisotopic (exact) mass is 279 g/mol. The Labute approximate surface area is 118 Å². The van der Waals surface area contributed by atoms with Crippen LogP contribution in [0.3, 0.4) is 0 Å². The largest absolute Gasteiger partial charge is 0.326 e. The summed E-state index contributed by atoms with van der Waals surface area (Å²) in [6.45, 7) is 13.4. The molecule has 0 radical (unpaired) electrons. The van der Waals surface area contributed by atoms with Gasteiger partial charge in [-0.1, -0.05) is 67.7 Å². The Kier molecular flexibility index (Phi) is 5.15. The SMILES string of the molecule is CC(C)(C)P(CC(=O)Nc1ccccc1)C(C)(C)C. The third kappa shape index (κ3) is 5.32. The zero-order valence-electron chi connectivity index (χ0n) is 12.9. The number of rotatable bonds is 3. The summed E-state index contributed by atoms with van der Waals surface area (Å²) in [7, 11) is -0.390.